The maximum absolute atomic E-state index is 12.1. The number of hydrogen-bond acceptors (Lipinski definition) is 5. The van der Waals surface area contributed by atoms with Gasteiger partial charge in [0, 0.05) is 33.1 Å². The van der Waals surface area contributed by atoms with Crippen molar-refractivity contribution in [3.63, 3.8) is 0 Å². The fraction of sp³-hybridized carbons (Fsp3) is 0.786. The molecule has 3 rings (SSSR count). The Kier molecular flexibility index (Phi) is 4.21. The number of aromatic nitrogens is 3. The molecule has 0 aliphatic carbocycles. The Labute approximate surface area is 124 Å². The minimum absolute atomic E-state index is 0.00421. The SMILES string of the molecule is CCCc1nc(C2CN(C3CCN(C)C3=O)CCO2)n[nH]1. The van der Waals surface area contributed by atoms with Crippen molar-refractivity contribution in [2.75, 3.05) is 33.3 Å². The summed E-state index contributed by atoms with van der Waals surface area (Å²) in [7, 11) is 1.87. The van der Waals surface area contributed by atoms with E-state index in [1.165, 1.54) is 0 Å². The molecule has 116 valence electrons. The number of carbonyl (C=O) groups excluding carboxylic acids is 1. The van der Waals surface area contributed by atoms with Crippen LogP contribution in [0.15, 0.2) is 0 Å². The Morgan fingerprint density at radius 3 is 3.00 bits per heavy atom. The predicted octanol–water partition coefficient (Wildman–Crippen LogP) is 0.361. The Hall–Kier alpha value is -1.47. The molecule has 0 aromatic carbocycles. The van der Waals surface area contributed by atoms with Gasteiger partial charge in [-0.15, -0.1) is 0 Å². The average Bonchev–Trinajstić information content (AvgIpc) is 3.08. The lowest BCUT2D eigenvalue weighted by Crippen LogP contribution is -2.48. The molecule has 2 atom stereocenters. The maximum atomic E-state index is 12.1. The highest BCUT2D eigenvalue weighted by atomic mass is 16.5. The molecule has 2 fully saturated rings. The van der Waals surface area contributed by atoms with Gasteiger partial charge in [0.05, 0.1) is 12.6 Å². The summed E-state index contributed by atoms with van der Waals surface area (Å²) in [5.74, 6) is 1.84. The number of nitrogens with zero attached hydrogens (tertiary/aromatic N) is 4. The van der Waals surface area contributed by atoms with Gasteiger partial charge in [0.15, 0.2) is 5.82 Å². The number of aromatic amines is 1. The zero-order valence-electron chi connectivity index (χ0n) is 12.7. The highest BCUT2D eigenvalue weighted by Gasteiger charge is 2.37. The monoisotopic (exact) mass is 293 g/mol. The van der Waals surface area contributed by atoms with E-state index < -0.39 is 0 Å². The molecule has 0 bridgehead atoms. The van der Waals surface area contributed by atoms with E-state index in [2.05, 4.69) is 27.0 Å². The zero-order chi connectivity index (χ0) is 14.8. The van der Waals surface area contributed by atoms with Crippen LogP contribution < -0.4 is 0 Å². The number of nitrogens with one attached hydrogen (secondary N) is 1. The first-order valence-electron chi connectivity index (χ1n) is 7.71. The van der Waals surface area contributed by atoms with Gasteiger partial charge in [0.2, 0.25) is 5.91 Å². The molecular formula is C14H23N5O2. The molecule has 2 unspecified atom stereocenters. The normalized spacial score (nSPS) is 27.5. The molecule has 3 heterocycles. The van der Waals surface area contributed by atoms with E-state index >= 15 is 0 Å². The zero-order valence-corrected chi connectivity index (χ0v) is 12.7. The second-order valence-corrected chi connectivity index (χ2v) is 5.81. The summed E-state index contributed by atoms with van der Waals surface area (Å²) >= 11 is 0. The molecule has 21 heavy (non-hydrogen) atoms. The lowest BCUT2D eigenvalue weighted by molar-refractivity contribution is -0.134. The number of rotatable bonds is 4. The molecule has 2 aliphatic rings. The van der Waals surface area contributed by atoms with Crippen LogP contribution in [-0.4, -0.2) is 70.2 Å². The van der Waals surface area contributed by atoms with Gasteiger partial charge in [0.1, 0.15) is 11.9 Å². The molecule has 1 amide bonds. The number of likely N-dealkylation sites (N-methyl/N-ethyl adjacent to an activating group) is 1. The number of H-pyrrole nitrogens is 1. The van der Waals surface area contributed by atoms with Gasteiger partial charge in [-0.25, -0.2) is 4.98 Å². The van der Waals surface area contributed by atoms with E-state index in [9.17, 15) is 4.79 Å². The quantitative estimate of drug-likeness (QED) is 0.867. The van der Waals surface area contributed by atoms with Crippen LogP contribution in [0, 0.1) is 0 Å². The summed E-state index contributed by atoms with van der Waals surface area (Å²) in [4.78, 5) is 20.7. The van der Waals surface area contributed by atoms with Crippen LogP contribution in [0.3, 0.4) is 0 Å². The highest BCUT2D eigenvalue weighted by molar-refractivity contribution is 5.83. The third-order valence-corrected chi connectivity index (χ3v) is 4.26. The molecular weight excluding hydrogens is 270 g/mol. The van der Waals surface area contributed by atoms with E-state index in [1.807, 2.05) is 7.05 Å². The lowest BCUT2D eigenvalue weighted by atomic mass is 10.1. The minimum atomic E-state index is -0.140. The third-order valence-electron chi connectivity index (χ3n) is 4.26. The molecule has 7 heteroatoms. The molecule has 2 aliphatic heterocycles. The number of hydrogen-bond donors (Lipinski definition) is 1. The number of ether oxygens (including phenoxy) is 1. The Bertz CT molecular complexity index is 503. The molecule has 7 nitrogen and oxygen atoms in total. The standard InChI is InChI=1S/C14H23N5O2/c1-3-4-12-15-13(17-16-12)11-9-19(7-8-21-11)10-5-6-18(2)14(10)20/h10-11H,3-9H2,1-2H3,(H,15,16,17). The van der Waals surface area contributed by atoms with Crippen LogP contribution in [0.1, 0.15) is 37.5 Å². The molecule has 0 radical (unpaired) electrons. The molecule has 0 spiro atoms. The average molecular weight is 293 g/mol. The number of likely N-dealkylation sites (tertiary alicyclic amines) is 1. The Morgan fingerprint density at radius 2 is 2.29 bits per heavy atom. The van der Waals surface area contributed by atoms with Gasteiger partial charge in [0.25, 0.3) is 0 Å². The lowest BCUT2D eigenvalue weighted by Gasteiger charge is -2.34. The van der Waals surface area contributed by atoms with Crippen LogP contribution in [0.5, 0.6) is 0 Å². The maximum Gasteiger partial charge on any atom is 0.239 e. The summed E-state index contributed by atoms with van der Waals surface area (Å²) in [6, 6.07) is -0.00421. The van der Waals surface area contributed by atoms with Gasteiger partial charge in [-0.2, -0.15) is 5.10 Å². The van der Waals surface area contributed by atoms with Crippen molar-refractivity contribution >= 4 is 5.91 Å². The first-order valence-corrected chi connectivity index (χ1v) is 7.71. The van der Waals surface area contributed by atoms with Crippen molar-refractivity contribution in [2.24, 2.45) is 0 Å². The fourth-order valence-electron chi connectivity index (χ4n) is 3.05. The number of carbonyl (C=O) groups is 1. The molecule has 0 saturated carbocycles. The van der Waals surface area contributed by atoms with E-state index in [0.29, 0.717) is 19.0 Å². The van der Waals surface area contributed by atoms with Crippen LogP contribution in [0.25, 0.3) is 0 Å². The number of aryl methyl sites for hydroxylation is 1. The summed E-state index contributed by atoms with van der Waals surface area (Å²) in [6.45, 7) is 5.06. The van der Waals surface area contributed by atoms with E-state index in [4.69, 9.17) is 4.74 Å². The highest BCUT2D eigenvalue weighted by Crippen LogP contribution is 2.24. The van der Waals surface area contributed by atoms with Gasteiger partial charge in [-0.3, -0.25) is 14.8 Å². The van der Waals surface area contributed by atoms with Crippen LogP contribution in [0.2, 0.25) is 0 Å². The second kappa shape index (κ2) is 6.11. The Balaban J connectivity index is 1.66. The first kappa shape index (κ1) is 14.5. The first-order chi connectivity index (χ1) is 10.2. The van der Waals surface area contributed by atoms with E-state index in [-0.39, 0.29) is 18.1 Å². The van der Waals surface area contributed by atoms with Crippen molar-refractivity contribution < 1.29 is 9.53 Å². The predicted molar refractivity (Wildman–Crippen MR) is 76.7 cm³/mol. The van der Waals surface area contributed by atoms with Crippen molar-refractivity contribution in [3.05, 3.63) is 11.6 Å². The van der Waals surface area contributed by atoms with Gasteiger partial charge >= 0.3 is 0 Å². The molecule has 1 aromatic heterocycles. The summed E-state index contributed by atoms with van der Waals surface area (Å²) in [6.07, 6.45) is 2.70. The summed E-state index contributed by atoms with van der Waals surface area (Å²) in [5, 5.41) is 7.24. The molecule has 1 N–H and O–H groups in total. The summed E-state index contributed by atoms with van der Waals surface area (Å²) < 4.78 is 5.80. The van der Waals surface area contributed by atoms with Crippen molar-refractivity contribution in [1.82, 2.24) is 25.0 Å². The smallest absolute Gasteiger partial charge is 0.239 e. The van der Waals surface area contributed by atoms with Crippen molar-refractivity contribution in [1.29, 1.82) is 0 Å². The fourth-order valence-corrected chi connectivity index (χ4v) is 3.05. The Morgan fingerprint density at radius 1 is 1.43 bits per heavy atom. The van der Waals surface area contributed by atoms with Crippen LogP contribution in [0.4, 0.5) is 0 Å². The third kappa shape index (κ3) is 2.94. The minimum Gasteiger partial charge on any atom is -0.367 e. The molecule has 2 saturated heterocycles. The van der Waals surface area contributed by atoms with Gasteiger partial charge < -0.3 is 9.64 Å². The van der Waals surface area contributed by atoms with Gasteiger partial charge in [-0.05, 0) is 12.8 Å². The summed E-state index contributed by atoms with van der Waals surface area (Å²) in [5.41, 5.74) is 0. The molecule has 1 aromatic rings. The topological polar surface area (TPSA) is 74.3 Å². The second-order valence-electron chi connectivity index (χ2n) is 5.81. The number of morpholine rings is 1. The van der Waals surface area contributed by atoms with Crippen LogP contribution >= 0.6 is 0 Å². The number of amides is 1. The van der Waals surface area contributed by atoms with Crippen molar-refractivity contribution in [2.45, 2.75) is 38.3 Å². The van der Waals surface area contributed by atoms with E-state index in [1.54, 1.807) is 4.90 Å². The van der Waals surface area contributed by atoms with Crippen LogP contribution in [-0.2, 0) is 16.0 Å². The largest absolute Gasteiger partial charge is 0.367 e. The van der Waals surface area contributed by atoms with Crippen molar-refractivity contribution in [3.8, 4) is 0 Å². The van der Waals surface area contributed by atoms with E-state index in [0.717, 1.165) is 38.2 Å². The van der Waals surface area contributed by atoms with Gasteiger partial charge in [-0.1, -0.05) is 6.92 Å².